The first-order valence-electron chi connectivity index (χ1n) is 5.39. The summed E-state index contributed by atoms with van der Waals surface area (Å²) < 4.78 is 9.83. The molecule has 7 heteroatoms. The van der Waals surface area contributed by atoms with Gasteiger partial charge in [-0.1, -0.05) is 0 Å². The molecular weight excluding hydrogens is 228 g/mol. The van der Waals surface area contributed by atoms with Crippen LogP contribution in [0.5, 0.6) is 0 Å². The molecule has 1 heterocycles. The number of carboxylic acids is 1. The third-order valence-electron chi connectivity index (χ3n) is 2.72. The van der Waals surface area contributed by atoms with Crippen LogP contribution in [0.2, 0.25) is 0 Å². The van der Waals surface area contributed by atoms with Crippen molar-refractivity contribution < 1.29 is 24.2 Å². The first-order valence-corrected chi connectivity index (χ1v) is 5.39. The molecule has 1 amide bonds. The van der Waals surface area contributed by atoms with E-state index in [-0.39, 0.29) is 19.6 Å². The maximum absolute atomic E-state index is 11.8. The fraction of sp³-hybridized carbons (Fsp3) is 0.800. The van der Waals surface area contributed by atoms with E-state index in [0.29, 0.717) is 13.0 Å². The van der Waals surface area contributed by atoms with Gasteiger partial charge in [0.2, 0.25) is 5.91 Å². The number of ether oxygens (including phenoxy) is 2. The highest BCUT2D eigenvalue weighted by molar-refractivity contribution is 5.90. The molecule has 2 atom stereocenters. The second-order valence-electron chi connectivity index (χ2n) is 4.10. The Morgan fingerprint density at radius 3 is 2.82 bits per heavy atom. The smallest absolute Gasteiger partial charge is 0.326 e. The zero-order valence-corrected chi connectivity index (χ0v) is 9.77. The molecule has 98 valence electrons. The van der Waals surface area contributed by atoms with Gasteiger partial charge in [0.05, 0.1) is 6.61 Å². The first kappa shape index (κ1) is 13.9. The minimum atomic E-state index is -1.11. The Morgan fingerprint density at radius 1 is 1.65 bits per heavy atom. The van der Waals surface area contributed by atoms with Crippen molar-refractivity contribution in [2.45, 2.75) is 24.4 Å². The van der Waals surface area contributed by atoms with Crippen molar-refractivity contribution in [2.75, 3.05) is 26.9 Å². The SMILES string of the molecule is COCCC(NC(=O)C1(N)CCOC1)C(=O)O. The molecule has 1 aliphatic rings. The van der Waals surface area contributed by atoms with Gasteiger partial charge in [0.15, 0.2) is 0 Å². The van der Waals surface area contributed by atoms with Crippen LogP contribution in [0.1, 0.15) is 12.8 Å². The minimum absolute atomic E-state index is 0.120. The molecule has 0 bridgehead atoms. The molecule has 0 aliphatic carbocycles. The van der Waals surface area contributed by atoms with Crippen LogP contribution in [0, 0.1) is 0 Å². The Hall–Kier alpha value is -1.18. The van der Waals surface area contributed by atoms with E-state index in [1.165, 1.54) is 7.11 Å². The van der Waals surface area contributed by atoms with Crippen molar-refractivity contribution in [3.63, 3.8) is 0 Å². The number of amides is 1. The van der Waals surface area contributed by atoms with Gasteiger partial charge < -0.3 is 25.6 Å². The summed E-state index contributed by atoms with van der Waals surface area (Å²) in [7, 11) is 1.47. The summed E-state index contributed by atoms with van der Waals surface area (Å²) in [6.07, 6.45) is 0.601. The summed E-state index contributed by atoms with van der Waals surface area (Å²) in [5.74, 6) is -1.59. The Balaban J connectivity index is 2.54. The number of hydrogen-bond acceptors (Lipinski definition) is 5. The van der Waals surface area contributed by atoms with Crippen molar-refractivity contribution in [2.24, 2.45) is 5.73 Å². The average molecular weight is 246 g/mol. The number of nitrogens with one attached hydrogen (secondary N) is 1. The largest absolute Gasteiger partial charge is 0.480 e. The molecule has 2 unspecified atom stereocenters. The Labute approximate surface area is 99.3 Å². The van der Waals surface area contributed by atoms with Gasteiger partial charge in [-0.05, 0) is 6.42 Å². The van der Waals surface area contributed by atoms with Crippen molar-refractivity contribution in [1.82, 2.24) is 5.32 Å². The number of hydrogen-bond donors (Lipinski definition) is 3. The van der Waals surface area contributed by atoms with Crippen LogP contribution < -0.4 is 11.1 Å². The summed E-state index contributed by atoms with van der Waals surface area (Å²) in [5.41, 5.74) is 4.71. The Kier molecular flexibility index (Phi) is 4.86. The van der Waals surface area contributed by atoms with Gasteiger partial charge in [0.25, 0.3) is 0 Å². The highest BCUT2D eigenvalue weighted by Gasteiger charge is 2.39. The second-order valence-corrected chi connectivity index (χ2v) is 4.10. The molecular formula is C10H18N2O5. The van der Waals surface area contributed by atoms with Crippen LogP contribution in [0.15, 0.2) is 0 Å². The summed E-state index contributed by atoms with van der Waals surface area (Å²) >= 11 is 0. The number of carboxylic acid groups (broad SMARTS) is 1. The number of carbonyl (C=O) groups excluding carboxylic acids is 1. The van der Waals surface area contributed by atoms with Gasteiger partial charge in [-0.2, -0.15) is 0 Å². The number of carbonyl (C=O) groups is 2. The highest BCUT2D eigenvalue weighted by Crippen LogP contribution is 2.15. The van der Waals surface area contributed by atoms with E-state index < -0.39 is 23.5 Å². The molecule has 1 aliphatic heterocycles. The van der Waals surface area contributed by atoms with Crippen LogP contribution in [0.25, 0.3) is 0 Å². The molecule has 1 saturated heterocycles. The number of rotatable bonds is 6. The van der Waals surface area contributed by atoms with E-state index in [4.69, 9.17) is 20.3 Å². The van der Waals surface area contributed by atoms with E-state index >= 15 is 0 Å². The van der Waals surface area contributed by atoms with Gasteiger partial charge in [-0.15, -0.1) is 0 Å². The zero-order valence-electron chi connectivity index (χ0n) is 9.77. The molecule has 1 rings (SSSR count). The van der Waals surface area contributed by atoms with Crippen LogP contribution in [0.3, 0.4) is 0 Å². The van der Waals surface area contributed by atoms with Gasteiger partial charge in [0, 0.05) is 26.7 Å². The monoisotopic (exact) mass is 246 g/mol. The van der Waals surface area contributed by atoms with E-state index in [1.54, 1.807) is 0 Å². The molecule has 0 spiro atoms. The van der Waals surface area contributed by atoms with E-state index in [2.05, 4.69) is 5.32 Å². The zero-order chi connectivity index (χ0) is 12.9. The quantitative estimate of drug-likeness (QED) is 0.538. The molecule has 0 radical (unpaired) electrons. The molecule has 0 aromatic rings. The van der Waals surface area contributed by atoms with Crippen LogP contribution in [0.4, 0.5) is 0 Å². The summed E-state index contributed by atoms with van der Waals surface area (Å²) in [6.45, 7) is 0.792. The second kappa shape index (κ2) is 5.95. The van der Waals surface area contributed by atoms with E-state index in [0.717, 1.165) is 0 Å². The van der Waals surface area contributed by atoms with Gasteiger partial charge in [-0.3, -0.25) is 4.79 Å². The lowest BCUT2D eigenvalue weighted by molar-refractivity contribution is -0.143. The fourth-order valence-electron chi connectivity index (χ4n) is 1.55. The molecule has 0 saturated carbocycles. The van der Waals surface area contributed by atoms with Crippen LogP contribution in [-0.4, -0.2) is 55.5 Å². The maximum Gasteiger partial charge on any atom is 0.326 e. The third-order valence-corrected chi connectivity index (χ3v) is 2.72. The lowest BCUT2D eigenvalue weighted by Crippen LogP contribution is -2.58. The van der Waals surface area contributed by atoms with Gasteiger partial charge >= 0.3 is 5.97 Å². The standard InChI is InChI=1S/C10H18N2O5/c1-16-4-2-7(8(13)14)12-9(15)10(11)3-5-17-6-10/h7H,2-6,11H2,1H3,(H,12,15)(H,13,14). The fourth-order valence-corrected chi connectivity index (χ4v) is 1.55. The Morgan fingerprint density at radius 2 is 2.35 bits per heavy atom. The predicted molar refractivity (Wildman–Crippen MR) is 58.4 cm³/mol. The van der Waals surface area contributed by atoms with Crippen molar-refractivity contribution in [3.8, 4) is 0 Å². The van der Waals surface area contributed by atoms with Crippen LogP contribution >= 0.6 is 0 Å². The normalized spacial score (nSPS) is 25.5. The molecule has 7 nitrogen and oxygen atoms in total. The number of aliphatic carboxylic acids is 1. The molecule has 0 aromatic heterocycles. The first-order chi connectivity index (χ1) is 7.99. The summed E-state index contributed by atoms with van der Waals surface area (Å²) in [5, 5.41) is 11.3. The maximum atomic E-state index is 11.8. The number of nitrogens with two attached hydrogens (primary N) is 1. The lowest BCUT2D eigenvalue weighted by Gasteiger charge is -2.23. The Bertz CT molecular complexity index is 288. The summed E-state index contributed by atoms with van der Waals surface area (Å²) in [6, 6.07) is -0.983. The van der Waals surface area contributed by atoms with Crippen LogP contribution in [-0.2, 0) is 19.1 Å². The number of methoxy groups -OCH3 is 1. The average Bonchev–Trinajstić information content (AvgIpc) is 2.72. The van der Waals surface area contributed by atoms with Gasteiger partial charge in [-0.25, -0.2) is 4.79 Å². The molecule has 17 heavy (non-hydrogen) atoms. The molecule has 1 fully saturated rings. The topological polar surface area (TPSA) is 111 Å². The predicted octanol–water partition coefficient (Wildman–Crippen LogP) is -1.29. The summed E-state index contributed by atoms with van der Waals surface area (Å²) in [4.78, 5) is 22.7. The van der Waals surface area contributed by atoms with Crippen molar-refractivity contribution in [3.05, 3.63) is 0 Å². The van der Waals surface area contributed by atoms with E-state index in [1.807, 2.05) is 0 Å². The third kappa shape index (κ3) is 3.65. The van der Waals surface area contributed by atoms with Crippen molar-refractivity contribution in [1.29, 1.82) is 0 Å². The van der Waals surface area contributed by atoms with Crippen molar-refractivity contribution >= 4 is 11.9 Å². The van der Waals surface area contributed by atoms with Gasteiger partial charge in [0.1, 0.15) is 11.6 Å². The minimum Gasteiger partial charge on any atom is -0.480 e. The lowest BCUT2D eigenvalue weighted by atomic mass is 9.98. The molecule has 4 N–H and O–H groups in total. The van der Waals surface area contributed by atoms with E-state index in [9.17, 15) is 9.59 Å². The molecule has 0 aromatic carbocycles. The highest BCUT2D eigenvalue weighted by atomic mass is 16.5.